The molecule has 0 radical (unpaired) electrons. The maximum Gasteiger partial charge on any atom is 0.257 e. The van der Waals surface area contributed by atoms with Gasteiger partial charge in [-0.2, -0.15) is 0 Å². The van der Waals surface area contributed by atoms with Crippen molar-refractivity contribution in [1.29, 1.82) is 0 Å². The van der Waals surface area contributed by atoms with Gasteiger partial charge in [-0.25, -0.2) is 4.39 Å². The average Bonchev–Trinajstić information content (AvgIpc) is 2.69. The standard InChI is InChI=1S/C21H23FN2O3/c1-14-12-17(19(27-3)13-15(14)2)21(26)24-10-8-23(9-11-24)20(25)16-6-4-5-7-18(16)22/h4-7,12-13H,8-11H2,1-3H3. The second-order valence-corrected chi connectivity index (χ2v) is 6.70. The molecule has 0 N–H and O–H groups in total. The number of amides is 2. The number of benzene rings is 2. The van der Waals surface area contributed by atoms with Crippen LogP contribution in [0.2, 0.25) is 0 Å². The molecule has 142 valence electrons. The molecule has 3 rings (SSSR count). The largest absolute Gasteiger partial charge is 0.496 e. The molecular weight excluding hydrogens is 347 g/mol. The van der Waals surface area contributed by atoms with Gasteiger partial charge in [0.15, 0.2) is 0 Å². The summed E-state index contributed by atoms with van der Waals surface area (Å²) in [5.41, 5.74) is 2.67. The summed E-state index contributed by atoms with van der Waals surface area (Å²) >= 11 is 0. The Morgan fingerprint density at radius 2 is 1.41 bits per heavy atom. The molecule has 1 aliphatic rings. The topological polar surface area (TPSA) is 49.9 Å². The van der Waals surface area contributed by atoms with Crippen molar-refractivity contribution >= 4 is 11.8 Å². The molecule has 1 aliphatic heterocycles. The van der Waals surface area contributed by atoms with Crippen molar-refractivity contribution in [2.75, 3.05) is 33.3 Å². The molecule has 0 saturated carbocycles. The molecular formula is C21H23FN2O3. The monoisotopic (exact) mass is 370 g/mol. The van der Waals surface area contributed by atoms with Crippen LogP contribution in [0.3, 0.4) is 0 Å². The molecule has 6 heteroatoms. The van der Waals surface area contributed by atoms with Gasteiger partial charge in [0.05, 0.1) is 18.2 Å². The Kier molecular flexibility index (Phi) is 5.44. The lowest BCUT2D eigenvalue weighted by atomic mass is 10.0. The first kappa shape index (κ1) is 18.9. The zero-order valence-corrected chi connectivity index (χ0v) is 15.8. The third-order valence-electron chi connectivity index (χ3n) is 5.00. The number of ether oxygens (including phenoxy) is 1. The highest BCUT2D eigenvalue weighted by Gasteiger charge is 2.28. The van der Waals surface area contributed by atoms with E-state index in [0.717, 1.165) is 11.1 Å². The van der Waals surface area contributed by atoms with Crippen molar-refractivity contribution in [3.8, 4) is 5.75 Å². The van der Waals surface area contributed by atoms with Crippen LogP contribution in [-0.4, -0.2) is 54.9 Å². The fourth-order valence-electron chi connectivity index (χ4n) is 3.21. The minimum atomic E-state index is -0.527. The molecule has 1 heterocycles. The predicted molar refractivity (Wildman–Crippen MR) is 101 cm³/mol. The highest BCUT2D eigenvalue weighted by Crippen LogP contribution is 2.25. The first-order valence-corrected chi connectivity index (χ1v) is 8.90. The third-order valence-corrected chi connectivity index (χ3v) is 5.00. The normalized spacial score (nSPS) is 14.2. The minimum Gasteiger partial charge on any atom is -0.496 e. The zero-order valence-electron chi connectivity index (χ0n) is 15.8. The summed E-state index contributed by atoms with van der Waals surface area (Å²) in [6.07, 6.45) is 0. The molecule has 2 aromatic rings. The predicted octanol–water partition coefficient (Wildman–Crippen LogP) is 3.05. The number of hydrogen-bond acceptors (Lipinski definition) is 3. The van der Waals surface area contributed by atoms with Crippen LogP contribution in [0.5, 0.6) is 5.75 Å². The number of nitrogens with zero attached hydrogens (tertiary/aromatic N) is 2. The van der Waals surface area contributed by atoms with Crippen molar-refractivity contribution in [3.63, 3.8) is 0 Å². The van der Waals surface area contributed by atoms with E-state index in [1.54, 1.807) is 29.0 Å². The SMILES string of the molecule is COc1cc(C)c(C)cc1C(=O)N1CCN(C(=O)c2ccccc2F)CC1. The van der Waals surface area contributed by atoms with Crippen molar-refractivity contribution in [2.45, 2.75) is 13.8 Å². The van der Waals surface area contributed by atoms with E-state index in [-0.39, 0.29) is 17.4 Å². The molecule has 0 atom stereocenters. The summed E-state index contributed by atoms with van der Waals surface area (Å²) in [5, 5.41) is 0. The van der Waals surface area contributed by atoms with E-state index in [2.05, 4.69) is 0 Å². The van der Waals surface area contributed by atoms with Crippen LogP contribution >= 0.6 is 0 Å². The van der Waals surface area contributed by atoms with Crippen molar-refractivity contribution in [2.24, 2.45) is 0 Å². The van der Waals surface area contributed by atoms with Crippen LogP contribution in [0.1, 0.15) is 31.8 Å². The highest BCUT2D eigenvalue weighted by molar-refractivity contribution is 5.98. The fourth-order valence-corrected chi connectivity index (χ4v) is 3.21. The van der Waals surface area contributed by atoms with Crippen LogP contribution in [0, 0.1) is 19.7 Å². The Morgan fingerprint density at radius 1 is 0.889 bits per heavy atom. The molecule has 1 fully saturated rings. The van der Waals surface area contributed by atoms with Crippen LogP contribution in [-0.2, 0) is 0 Å². The van der Waals surface area contributed by atoms with E-state index in [9.17, 15) is 14.0 Å². The van der Waals surface area contributed by atoms with E-state index in [1.165, 1.54) is 12.1 Å². The molecule has 0 aliphatic carbocycles. The lowest BCUT2D eigenvalue weighted by molar-refractivity contribution is 0.0531. The van der Waals surface area contributed by atoms with Gasteiger partial charge in [0.25, 0.3) is 11.8 Å². The van der Waals surface area contributed by atoms with Gasteiger partial charge in [0.2, 0.25) is 0 Å². The van der Waals surface area contributed by atoms with E-state index < -0.39 is 5.82 Å². The molecule has 1 saturated heterocycles. The Labute approximate surface area is 158 Å². The zero-order chi connectivity index (χ0) is 19.6. The summed E-state index contributed by atoms with van der Waals surface area (Å²) in [7, 11) is 1.55. The number of hydrogen-bond donors (Lipinski definition) is 0. The number of carbonyl (C=O) groups excluding carboxylic acids is 2. The van der Waals surface area contributed by atoms with Gasteiger partial charge in [-0.3, -0.25) is 9.59 Å². The van der Waals surface area contributed by atoms with Gasteiger partial charge >= 0.3 is 0 Å². The Hall–Kier alpha value is -2.89. The lowest BCUT2D eigenvalue weighted by Crippen LogP contribution is -2.50. The van der Waals surface area contributed by atoms with Gasteiger partial charge in [-0.1, -0.05) is 12.1 Å². The second-order valence-electron chi connectivity index (χ2n) is 6.70. The number of methoxy groups -OCH3 is 1. The van der Waals surface area contributed by atoms with E-state index >= 15 is 0 Å². The number of rotatable bonds is 3. The molecule has 0 bridgehead atoms. The summed E-state index contributed by atoms with van der Waals surface area (Å²) in [6.45, 7) is 5.46. The summed E-state index contributed by atoms with van der Waals surface area (Å²) < 4.78 is 19.2. The number of halogens is 1. The van der Waals surface area contributed by atoms with Crippen LogP contribution in [0.25, 0.3) is 0 Å². The van der Waals surface area contributed by atoms with Gasteiger partial charge in [-0.15, -0.1) is 0 Å². The van der Waals surface area contributed by atoms with E-state index in [0.29, 0.717) is 37.5 Å². The number of aryl methyl sites for hydroxylation is 2. The smallest absolute Gasteiger partial charge is 0.257 e. The summed E-state index contributed by atoms with van der Waals surface area (Å²) in [6, 6.07) is 9.66. The first-order chi connectivity index (χ1) is 12.9. The van der Waals surface area contributed by atoms with E-state index in [4.69, 9.17) is 4.74 Å². The summed E-state index contributed by atoms with van der Waals surface area (Å²) in [4.78, 5) is 28.7. The quantitative estimate of drug-likeness (QED) is 0.834. The molecule has 2 aromatic carbocycles. The minimum absolute atomic E-state index is 0.0631. The van der Waals surface area contributed by atoms with Gasteiger partial charge < -0.3 is 14.5 Å². The van der Waals surface area contributed by atoms with Crippen LogP contribution < -0.4 is 4.74 Å². The highest BCUT2D eigenvalue weighted by atomic mass is 19.1. The molecule has 0 spiro atoms. The van der Waals surface area contributed by atoms with Crippen LogP contribution in [0.15, 0.2) is 36.4 Å². The van der Waals surface area contributed by atoms with Gasteiger partial charge in [-0.05, 0) is 49.2 Å². The third kappa shape index (κ3) is 3.79. The Balaban J connectivity index is 1.71. The maximum absolute atomic E-state index is 13.8. The molecule has 5 nitrogen and oxygen atoms in total. The first-order valence-electron chi connectivity index (χ1n) is 8.90. The Morgan fingerprint density at radius 3 is 1.96 bits per heavy atom. The van der Waals surface area contributed by atoms with Gasteiger partial charge in [0.1, 0.15) is 11.6 Å². The van der Waals surface area contributed by atoms with Crippen molar-refractivity contribution < 1.29 is 18.7 Å². The number of carbonyl (C=O) groups is 2. The second kappa shape index (κ2) is 7.78. The van der Waals surface area contributed by atoms with Crippen molar-refractivity contribution in [3.05, 3.63) is 64.5 Å². The van der Waals surface area contributed by atoms with Gasteiger partial charge in [0, 0.05) is 26.2 Å². The van der Waals surface area contributed by atoms with Crippen LogP contribution in [0.4, 0.5) is 4.39 Å². The molecule has 2 amide bonds. The molecule has 0 unspecified atom stereocenters. The number of piperazine rings is 1. The lowest BCUT2D eigenvalue weighted by Gasteiger charge is -2.35. The molecule has 27 heavy (non-hydrogen) atoms. The molecule has 0 aromatic heterocycles. The van der Waals surface area contributed by atoms with Crippen molar-refractivity contribution in [1.82, 2.24) is 9.80 Å². The fraction of sp³-hybridized carbons (Fsp3) is 0.333. The van der Waals surface area contributed by atoms with E-state index in [1.807, 2.05) is 26.0 Å². The Bertz CT molecular complexity index is 874. The summed E-state index contributed by atoms with van der Waals surface area (Å²) in [5.74, 6) is -0.439. The maximum atomic E-state index is 13.8. The average molecular weight is 370 g/mol.